The molecule has 3 aromatic rings. The Hall–Kier alpha value is -4.04. The SMILES string of the molecule is C#Cc1cc(C=Nc2ccccc2NCCCC)c(OCCCCCCCCCCCC)c(C=Nc2ccccc2NCCCC)c1. The number of nitrogens with one attached hydrogen (secondary N) is 2. The molecule has 0 aliphatic carbocycles. The van der Waals surface area contributed by atoms with Crippen LogP contribution in [-0.4, -0.2) is 32.1 Å². The van der Waals surface area contributed by atoms with Crippen LogP contribution in [-0.2, 0) is 0 Å². The Morgan fingerprint density at radius 2 is 1.06 bits per heavy atom. The molecular weight excluding hydrogens is 576 g/mol. The van der Waals surface area contributed by atoms with Crippen LogP contribution in [0.25, 0.3) is 0 Å². The van der Waals surface area contributed by atoms with Gasteiger partial charge in [0.1, 0.15) is 5.75 Å². The number of hydrogen-bond acceptors (Lipinski definition) is 5. The Morgan fingerprint density at radius 1 is 0.617 bits per heavy atom. The maximum atomic E-state index is 6.55. The van der Waals surface area contributed by atoms with E-state index in [4.69, 9.17) is 21.1 Å². The van der Waals surface area contributed by atoms with Gasteiger partial charge in [0.15, 0.2) is 0 Å². The largest absolute Gasteiger partial charge is 0.492 e. The molecule has 0 heterocycles. The van der Waals surface area contributed by atoms with Crippen LogP contribution < -0.4 is 15.4 Å². The second-order valence-electron chi connectivity index (χ2n) is 12.3. The van der Waals surface area contributed by atoms with E-state index in [1.54, 1.807) is 0 Å². The van der Waals surface area contributed by atoms with E-state index in [0.29, 0.717) is 6.61 Å². The molecule has 0 aliphatic heterocycles. The number of rotatable bonds is 24. The number of terminal acetylenes is 1. The molecule has 3 rings (SSSR count). The first-order valence-electron chi connectivity index (χ1n) is 18.2. The normalized spacial score (nSPS) is 11.3. The summed E-state index contributed by atoms with van der Waals surface area (Å²) in [6, 6.07) is 20.3. The topological polar surface area (TPSA) is 58.0 Å². The number of unbranched alkanes of at least 4 members (excludes halogenated alkanes) is 11. The highest BCUT2D eigenvalue weighted by molar-refractivity contribution is 5.95. The molecule has 3 aromatic carbocycles. The van der Waals surface area contributed by atoms with Gasteiger partial charge in [-0.15, -0.1) is 6.42 Å². The van der Waals surface area contributed by atoms with E-state index in [-0.39, 0.29) is 0 Å². The zero-order chi connectivity index (χ0) is 33.4. The van der Waals surface area contributed by atoms with Crippen molar-refractivity contribution in [3.63, 3.8) is 0 Å². The van der Waals surface area contributed by atoms with Crippen LogP contribution in [0.2, 0.25) is 0 Å². The summed E-state index contributed by atoms with van der Waals surface area (Å²) in [5.74, 6) is 3.60. The third-order valence-electron chi connectivity index (χ3n) is 8.24. The standard InChI is InChI=1S/C42H58N4O/c1-5-9-12-13-14-15-16-17-18-23-30-47-42-36(33-45-40-26-21-19-24-38(40)43-28-10-6-2)31-35(8-4)32-37(42)34-46-41-27-22-20-25-39(41)44-29-11-7-3/h4,19-22,24-27,31-34,43-44H,5-7,9-18,23,28-30H2,1-3H3. The minimum Gasteiger partial charge on any atom is -0.492 e. The second-order valence-corrected chi connectivity index (χ2v) is 12.3. The number of anilines is 2. The van der Waals surface area contributed by atoms with Crippen molar-refractivity contribution in [1.29, 1.82) is 0 Å². The summed E-state index contributed by atoms with van der Waals surface area (Å²) in [5.41, 5.74) is 6.29. The number of hydrogen-bond donors (Lipinski definition) is 2. The van der Waals surface area contributed by atoms with E-state index in [9.17, 15) is 0 Å². The Bertz CT molecular complexity index is 1320. The zero-order valence-corrected chi connectivity index (χ0v) is 29.3. The number of aliphatic imine (C=N–C) groups is 2. The van der Waals surface area contributed by atoms with Crippen molar-refractivity contribution in [2.45, 2.75) is 111 Å². The Balaban J connectivity index is 1.82. The minimum atomic E-state index is 0.637. The van der Waals surface area contributed by atoms with E-state index in [1.165, 1.54) is 51.4 Å². The average molecular weight is 635 g/mol. The summed E-state index contributed by atoms with van der Waals surface area (Å²) in [7, 11) is 0. The van der Waals surface area contributed by atoms with Gasteiger partial charge in [-0.25, -0.2) is 0 Å². The van der Waals surface area contributed by atoms with Crippen LogP contribution in [0.4, 0.5) is 22.7 Å². The van der Waals surface area contributed by atoms with Crippen molar-refractivity contribution in [2.24, 2.45) is 9.98 Å². The molecule has 252 valence electrons. The number of benzene rings is 3. The molecule has 0 bridgehead atoms. The number of nitrogens with zero attached hydrogens (tertiary/aromatic N) is 2. The van der Waals surface area contributed by atoms with Crippen molar-refractivity contribution in [3.05, 3.63) is 77.4 Å². The van der Waals surface area contributed by atoms with Crippen molar-refractivity contribution in [1.82, 2.24) is 0 Å². The quantitative estimate of drug-likeness (QED) is 0.0585. The van der Waals surface area contributed by atoms with E-state index in [1.807, 2.05) is 61.0 Å². The molecule has 0 saturated carbocycles. The van der Waals surface area contributed by atoms with Gasteiger partial charge >= 0.3 is 0 Å². The monoisotopic (exact) mass is 634 g/mol. The number of ether oxygens (including phenoxy) is 1. The number of para-hydroxylation sites is 4. The highest BCUT2D eigenvalue weighted by Gasteiger charge is 2.12. The maximum Gasteiger partial charge on any atom is 0.136 e. The fourth-order valence-electron chi connectivity index (χ4n) is 5.43. The average Bonchev–Trinajstić information content (AvgIpc) is 3.10. The molecule has 0 unspecified atom stereocenters. The van der Waals surface area contributed by atoms with E-state index >= 15 is 0 Å². The fraction of sp³-hybridized carbons (Fsp3) is 0.476. The van der Waals surface area contributed by atoms with E-state index < -0.39 is 0 Å². The lowest BCUT2D eigenvalue weighted by Gasteiger charge is -2.14. The molecule has 0 saturated heterocycles. The third kappa shape index (κ3) is 14.1. The Kier molecular flexibility index (Phi) is 18.6. The molecule has 0 aromatic heterocycles. The molecule has 2 N–H and O–H groups in total. The lowest BCUT2D eigenvalue weighted by molar-refractivity contribution is 0.303. The first-order chi connectivity index (χ1) is 23.2. The van der Waals surface area contributed by atoms with Crippen LogP contribution in [0.5, 0.6) is 5.75 Å². The molecule has 0 spiro atoms. The van der Waals surface area contributed by atoms with Crippen molar-refractivity contribution in [2.75, 3.05) is 30.3 Å². The van der Waals surface area contributed by atoms with Gasteiger partial charge in [0.05, 0.1) is 29.4 Å². The second kappa shape index (κ2) is 23.3. The van der Waals surface area contributed by atoms with Gasteiger partial charge in [0, 0.05) is 42.2 Å². The predicted octanol–water partition coefficient (Wildman–Crippen LogP) is 11.9. The Morgan fingerprint density at radius 3 is 1.53 bits per heavy atom. The summed E-state index contributed by atoms with van der Waals surface area (Å²) in [6.07, 6.45) is 27.1. The molecule has 5 heteroatoms. The molecule has 0 fully saturated rings. The van der Waals surface area contributed by atoms with Crippen molar-refractivity contribution < 1.29 is 4.74 Å². The van der Waals surface area contributed by atoms with Gasteiger partial charge in [-0.05, 0) is 55.7 Å². The maximum absolute atomic E-state index is 6.55. The highest BCUT2D eigenvalue weighted by atomic mass is 16.5. The van der Waals surface area contributed by atoms with Crippen LogP contribution in [0.3, 0.4) is 0 Å². The van der Waals surface area contributed by atoms with Gasteiger partial charge in [-0.1, -0.05) is 122 Å². The fourth-order valence-corrected chi connectivity index (χ4v) is 5.43. The van der Waals surface area contributed by atoms with Crippen molar-refractivity contribution in [3.8, 4) is 18.1 Å². The summed E-state index contributed by atoms with van der Waals surface area (Å²) in [6.45, 7) is 9.14. The van der Waals surface area contributed by atoms with Crippen LogP contribution in [0, 0.1) is 12.3 Å². The highest BCUT2D eigenvalue weighted by Crippen LogP contribution is 2.30. The van der Waals surface area contributed by atoms with Gasteiger partial charge < -0.3 is 15.4 Å². The molecule has 47 heavy (non-hydrogen) atoms. The lowest BCUT2D eigenvalue weighted by atomic mass is 10.0. The molecule has 0 amide bonds. The van der Waals surface area contributed by atoms with Crippen LogP contribution in [0.1, 0.15) is 127 Å². The van der Waals surface area contributed by atoms with Gasteiger partial charge in [-0.2, -0.15) is 0 Å². The molecular formula is C42H58N4O. The summed E-state index contributed by atoms with van der Waals surface area (Å²) >= 11 is 0. The van der Waals surface area contributed by atoms with Crippen LogP contribution >= 0.6 is 0 Å². The minimum absolute atomic E-state index is 0.637. The molecule has 0 aliphatic rings. The first kappa shape index (κ1) is 37.4. The van der Waals surface area contributed by atoms with Gasteiger partial charge in [0.2, 0.25) is 0 Å². The van der Waals surface area contributed by atoms with Gasteiger partial charge in [-0.3, -0.25) is 9.98 Å². The van der Waals surface area contributed by atoms with E-state index in [2.05, 4.69) is 49.5 Å². The van der Waals surface area contributed by atoms with Crippen LogP contribution in [0.15, 0.2) is 70.6 Å². The third-order valence-corrected chi connectivity index (χ3v) is 8.24. The molecule has 5 nitrogen and oxygen atoms in total. The summed E-state index contributed by atoms with van der Waals surface area (Å²) in [5, 5.41) is 7.06. The zero-order valence-electron chi connectivity index (χ0n) is 29.3. The predicted molar refractivity (Wildman–Crippen MR) is 206 cm³/mol. The molecule has 0 radical (unpaired) electrons. The summed E-state index contributed by atoms with van der Waals surface area (Å²) < 4.78 is 6.55. The smallest absolute Gasteiger partial charge is 0.136 e. The lowest BCUT2D eigenvalue weighted by Crippen LogP contribution is -2.05. The molecule has 0 atom stereocenters. The van der Waals surface area contributed by atoms with Gasteiger partial charge in [0.25, 0.3) is 0 Å². The van der Waals surface area contributed by atoms with E-state index in [0.717, 1.165) is 96.8 Å². The Labute approximate surface area is 285 Å². The summed E-state index contributed by atoms with van der Waals surface area (Å²) in [4.78, 5) is 9.84. The van der Waals surface area contributed by atoms with Crippen molar-refractivity contribution >= 4 is 35.2 Å². The first-order valence-corrected chi connectivity index (χ1v) is 18.2.